The minimum atomic E-state index is -0.869. The Bertz CT molecular complexity index is 361. The van der Waals surface area contributed by atoms with Gasteiger partial charge < -0.3 is 10.0 Å². The van der Waals surface area contributed by atoms with E-state index in [0.717, 1.165) is 18.7 Å². The molecule has 0 aliphatic heterocycles. The Morgan fingerprint density at radius 3 is 2.56 bits per heavy atom. The fourth-order valence-corrected chi connectivity index (χ4v) is 1.56. The highest BCUT2D eigenvalue weighted by molar-refractivity contribution is 5.94. The Morgan fingerprint density at radius 2 is 2.00 bits per heavy atom. The fourth-order valence-electron chi connectivity index (χ4n) is 1.56. The summed E-state index contributed by atoms with van der Waals surface area (Å²) in [6.45, 7) is 5.20. The molecule has 1 N–H and O–H groups in total. The van der Waals surface area contributed by atoms with Gasteiger partial charge in [-0.1, -0.05) is 26.0 Å². The van der Waals surface area contributed by atoms with Gasteiger partial charge in [-0.05, 0) is 24.5 Å². The van der Waals surface area contributed by atoms with Gasteiger partial charge in [0.05, 0.1) is 11.3 Å². The molecule has 0 saturated heterocycles. The summed E-state index contributed by atoms with van der Waals surface area (Å²) < 4.78 is 0. The van der Waals surface area contributed by atoms with Crippen molar-refractivity contribution in [1.82, 2.24) is 0 Å². The number of carboxylic acids is 1. The molecule has 3 nitrogen and oxygen atoms in total. The molecule has 16 heavy (non-hydrogen) atoms. The molecule has 1 aromatic carbocycles. The van der Waals surface area contributed by atoms with Crippen LogP contribution in [0.15, 0.2) is 24.3 Å². The van der Waals surface area contributed by atoms with Gasteiger partial charge in [0.1, 0.15) is 0 Å². The Hall–Kier alpha value is -1.51. The number of carboxylic acid groups (broad SMARTS) is 1. The van der Waals surface area contributed by atoms with Crippen LogP contribution in [0, 0.1) is 5.92 Å². The van der Waals surface area contributed by atoms with E-state index in [0.29, 0.717) is 11.5 Å². The average molecular weight is 221 g/mol. The quantitative estimate of drug-likeness (QED) is 0.831. The highest BCUT2D eigenvalue weighted by atomic mass is 16.4. The highest BCUT2D eigenvalue weighted by Crippen LogP contribution is 2.19. The van der Waals surface area contributed by atoms with Gasteiger partial charge in [-0.2, -0.15) is 0 Å². The molecule has 0 unspecified atom stereocenters. The summed E-state index contributed by atoms with van der Waals surface area (Å²) in [6.07, 6.45) is 1.06. The molecule has 0 atom stereocenters. The molecule has 0 heterocycles. The number of hydrogen-bond donors (Lipinski definition) is 1. The first-order valence-corrected chi connectivity index (χ1v) is 5.56. The van der Waals surface area contributed by atoms with Gasteiger partial charge in [0, 0.05) is 13.6 Å². The SMILES string of the molecule is CC(C)CCN(C)c1ccccc1C(=O)O. The zero-order chi connectivity index (χ0) is 12.1. The number of hydrogen-bond acceptors (Lipinski definition) is 2. The molecule has 0 aliphatic rings. The van der Waals surface area contributed by atoms with Crippen molar-refractivity contribution in [1.29, 1.82) is 0 Å². The standard InChI is InChI=1S/C13H19NO2/c1-10(2)8-9-14(3)12-7-5-4-6-11(12)13(15)16/h4-7,10H,8-9H2,1-3H3,(H,15,16). The highest BCUT2D eigenvalue weighted by Gasteiger charge is 2.12. The molecule has 3 heteroatoms. The lowest BCUT2D eigenvalue weighted by Crippen LogP contribution is -2.22. The third-order valence-corrected chi connectivity index (χ3v) is 2.59. The molecule has 0 aliphatic carbocycles. The van der Waals surface area contributed by atoms with Crippen LogP contribution in [0.25, 0.3) is 0 Å². The van der Waals surface area contributed by atoms with E-state index in [1.54, 1.807) is 12.1 Å². The first kappa shape index (κ1) is 12.6. The Labute approximate surface area is 96.7 Å². The maximum atomic E-state index is 11.0. The van der Waals surface area contributed by atoms with Crippen molar-refractivity contribution in [3.05, 3.63) is 29.8 Å². The van der Waals surface area contributed by atoms with Crippen LogP contribution < -0.4 is 4.90 Å². The van der Waals surface area contributed by atoms with E-state index >= 15 is 0 Å². The number of carbonyl (C=O) groups is 1. The first-order valence-electron chi connectivity index (χ1n) is 5.56. The smallest absolute Gasteiger partial charge is 0.337 e. The van der Waals surface area contributed by atoms with Crippen molar-refractivity contribution < 1.29 is 9.90 Å². The minimum Gasteiger partial charge on any atom is -0.478 e. The lowest BCUT2D eigenvalue weighted by atomic mass is 10.1. The van der Waals surface area contributed by atoms with E-state index in [4.69, 9.17) is 5.11 Å². The van der Waals surface area contributed by atoms with Crippen molar-refractivity contribution in [2.75, 3.05) is 18.5 Å². The van der Waals surface area contributed by atoms with Crippen LogP contribution in [0.4, 0.5) is 5.69 Å². The molecule has 0 fully saturated rings. The van der Waals surface area contributed by atoms with Gasteiger partial charge in [0.15, 0.2) is 0 Å². The van der Waals surface area contributed by atoms with Crippen LogP contribution in [0.1, 0.15) is 30.6 Å². The van der Waals surface area contributed by atoms with Gasteiger partial charge in [-0.25, -0.2) is 4.79 Å². The molecule has 1 aromatic rings. The number of rotatable bonds is 5. The Kier molecular flexibility index (Phi) is 4.35. The zero-order valence-corrected chi connectivity index (χ0v) is 10.1. The third-order valence-electron chi connectivity index (χ3n) is 2.59. The van der Waals surface area contributed by atoms with Crippen molar-refractivity contribution in [3.8, 4) is 0 Å². The summed E-state index contributed by atoms with van der Waals surface area (Å²) in [5.74, 6) is -0.244. The molecule has 0 bridgehead atoms. The van der Waals surface area contributed by atoms with Crippen molar-refractivity contribution in [2.45, 2.75) is 20.3 Å². The van der Waals surface area contributed by atoms with Crippen LogP contribution >= 0.6 is 0 Å². The molecule has 0 amide bonds. The molecule has 0 radical (unpaired) electrons. The van der Waals surface area contributed by atoms with Crippen molar-refractivity contribution in [2.24, 2.45) is 5.92 Å². The predicted molar refractivity (Wildman–Crippen MR) is 66.1 cm³/mol. The Balaban J connectivity index is 2.82. The van der Waals surface area contributed by atoms with Gasteiger partial charge in [-0.15, -0.1) is 0 Å². The topological polar surface area (TPSA) is 40.5 Å². The van der Waals surface area contributed by atoms with Crippen LogP contribution in [0.2, 0.25) is 0 Å². The third kappa shape index (κ3) is 3.26. The van der Waals surface area contributed by atoms with E-state index in [1.807, 2.05) is 24.1 Å². The van der Waals surface area contributed by atoms with Gasteiger partial charge >= 0.3 is 5.97 Å². The van der Waals surface area contributed by atoms with Gasteiger partial charge in [0.2, 0.25) is 0 Å². The first-order chi connectivity index (χ1) is 7.52. The lowest BCUT2D eigenvalue weighted by molar-refractivity contribution is 0.0697. The number of benzene rings is 1. The molecule has 88 valence electrons. The second-order valence-corrected chi connectivity index (χ2v) is 4.43. The second kappa shape index (κ2) is 5.54. The van der Waals surface area contributed by atoms with Crippen LogP contribution in [0.3, 0.4) is 0 Å². The number of para-hydroxylation sites is 1. The summed E-state index contributed by atoms with van der Waals surface area (Å²) in [7, 11) is 1.93. The van der Waals surface area contributed by atoms with E-state index in [1.165, 1.54) is 0 Å². The minimum absolute atomic E-state index is 0.369. The number of anilines is 1. The average Bonchev–Trinajstić information content (AvgIpc) is 2.25. The summed E-state index contributed by atoms with van der Waals surface area (Å²) in [5, 5.41) is 9.07. The van der Waals surface area contributed by atoms with E-state index in [2.05, 4.69) is 13.8 Å². The van der Waals surface area contributed by atoms with E-state index < -0.39 is 5.97 Å². The summed E-state index contributed by atoms with van der Waals surface area (Å²) in [6, 6.07) is 7.12. The molecule has 1 rings (SSSR count). The summed E-state index contributed by atoms with van der Waals surface area (Å²) in [5.41, 5.74) is 1.16. The molecule has 0 aromatic heterocycles. The van der Waals surface area contributed by atoms with Crippen molar-refractivity contribution in [3.63, 3.8) is 0 Å². The summed E-state index contributed by atoms with van der Waals surface area (Å²) >= 11 is 0. The number of aromatic carboxylic acids is 1. The van der Waals surface area contributed by atoms with E-state index in [9.17, 15) is 4.79 Å². The molecular weight excluding hydrogens is 202 g/mol. The predicted octanol–water partition coefficient (Wildman–Crippen LogP) is 2.87. The normalized spacial score (nSPS) is 10.5. The van der Waals surface area contributed by atoms with Crippen LogP contribution in [-0.4, -0.2) is 24.7 Å². The maximum absolute atomic E-state index is 11.0. The van der Waals surface area contributed by atoms with Gasteiger partial charge in [0.25, 0.3) is 0 Å². The lowest BCUT2D eigenvalue weighted by Gasteiger charge is -2.22. The monoisotopic (exact) mass is 221 g/mol. The van der Waals surface area contributed by atoms with Gasteiger partial charge in [-0.3, -0.25) is 0 Å². The molecule has 0 saturated carbocycles. The zero-order valence-electron chi connectivity index (χ0n) is 10.1. The molecular formula is C13H19NO2. The fraction of sp³-hybridized carbons (Fsp3) is 0.462. The summed E-state index contributed by atoms with van der Waals surface area (Å²) in [4.78, 5) is 13.0. The van der Waals surface area contributed by atoms with Crippen LogP contribution in [-0.2, 0) is 0 Å². The maximum Gasteiger partial charge on any atom is 0.337 e. The van der Waals surface area contributed by atoms with Crippen LogP contribution in [0.5, 0.6) is 0 Å². The van der Waals surface area contributed by atoms with Crippen molar-refractivity contribution >= 4 is 11.7 Å². The Morgan fingerprint density at radius 1 is 1.38 bits per heavy atom. The van der Waals surface area contributed by atoms with E-state index in [-0.39, 0.29) is 0 Å². The largest absolute Gasteiger partial charge is 0.478 e. The molecule has 0 spiro atoms. The number of nitrogens with zero attached hydrogens (tertiary/aromatic N) is 1. The second-order valence-electron chi connectivity index (χ2n) is 4.43.